The summed E-state index contributed by atoms with van der Waals surface area (Å²) in [5.41, 5.74) is 1.08. The highest BCUT2D eigenvalue weighted by Gasteiger charge is 2.28. The molecule has 0 saturated heterocycles. The molecule has 3 aromatic rings. The van der Waals surface area contributed by atoms with Crippen molar-refractivity contribution in [3.05, 3.63) is 71.2 Å². The Balaban J connectivity index is 1.77. The van der Waals surface area contributed by atoms with E-state index in [1.165, 1.54) is 24.3 Å². The van der Waals surface area contributed by atoms with Gasteiger partial charge in [-0.3, -0.25) is 4.79 Å². The molecule has 2 aromatic carbocycles. The summed E-state index contributed by atoms with van der Waals surface area (Å²) in [4.78, 5) is 24.1. The lowest BCUT2D eigenvalue weighted by molar-refractivity contribution is -0.121. The number of hydrogen-bond donors (Lipinski definition) is 2. The number of carbonyl (C=O) groups is 2. The molecule has 0 aliphatic carbocycles. The van der Waals surface area contributed by atoms with Crippen LogP contribution in [0.15, 0.2) is 53.1 Å². The van der Waals surface area contributed by atoms with E-state index >= 15 is 0 Å². The second kappa shape index (κ2) is 8.55. The van der Waals surface area contributed by atoms with Gasteiger partial charge in [-0.25, -0.2) is 9.18 Å². The molecule has 0 aliphatic rings. The summed E-state index contributed by atoms with van der Waals surface area (Å²) in [6.45, 7) is 1.60. The molecular formula is C21H19FN2O5. The van der Waals surface area contributed by atoms with Crippen LogP contribution in [0.4, 0.5) is 4.39 Å². The average molecular weight is 398 g/mol. The molecule has 1 amide bonds. The third kappa shape index (κ3) is 4.60. The van der Waals surface area contributed by atoms with Crippen molar-refractivity contribution < 1.29 is 28.3 Å². The normalized spacial score (nSPS) is 11.7. The minimum atomic E-state index is -1.25. The van der Waals surface area contributed by atoms with Gasteiger partial charge in [-0.15, -0.1) is 0 Å². The SMILES string of the molecule is COc1ccc(CC(=O)N[C@H](C)c2onc(-c3ccc(F)cc3)c2C(=O)O)cc1. The highest BCUT2D eigenvalue weighted by molar-refractivity contribution is 5.96. The molecule has 0 bridgehead atoms. The first-order chi connectivity index (χ1) is 13.9. The molecule has 0 aliphatic heterocycles. The summed E-state index contributed by atoms with van der Waals surface area (Å²) in [7, 11) is 1.56. The third-order valence-electron chi connectivity index (χ3n) is 4.34. The number of carboxylic acid groups (broad SMARTS) is 1. The summed E-state index contributed by atoms with van der Waals surface area (Å²) in [5, 5.41) is 16.2. The summed E-state index contributed by atoms with van der Waals surface area (Å²) in [6, 6.07) is 11.5. The number of methoxy groups -OCH3 is 1. The number of rotatable bonds is 7. The van der Waals surface area contributed by atoms with Gasteiger partial charge in [-0.05, 0) is 48.9 Å². The molecule has 8 heteroatoms. The van der Waals surface area contributed by atoms with Crippen molar-refractivity contribution in [3.8, 4) is 17.0 Å². The minimum Gasteiger partial charge on any atom is -0.497 e. The molecule has 7 nitrogen and oxygen atoms in total. The van der Waals surface area contributed by atoms with Gasteiger partial charge in [0.25, 0.3) is 0 Å². The number of ether oxygens (including phenoxy) is 1. The van der Waals surface area contributed by atoms with E-state index in [0.29, 0.717) is 11.3 Å². The van der Waals surface area contributed by atoms with E-state index in [4.69, 9.17) is 9.26 Å². The lowest BCUT2D eigenvalue weighted by Gasteiger charge is -2.12. The molecule has 1 atom stereocenters. The van der Waals surface area contributed by atoms with E-state index in [-0.39, 0.29) is 29.3 Å². The van der Waals surface area contributed by atoms with Gasteiger partial charge in [0.1, 0.15) is 22.8 Å². The predicted molar refractivity (Wildman–Crippen MR) is 102 cm³/mol. The first-order valence-corrected chi connectivity index (χ1v) is 8.80. The maximum absolute atomic E-state index is 13.1. The number of aromatic nitrogens is 1. The van der Waals surface area contributed by atoms with Crippen LogP contribution in [0.25, 0.3) is 11.3 Å². The van der Waals surface area contributed by atoms with Gasteiger partial charge in [-0.2, -0.15) is 0 Å². The Kier molecular flexibility index (Phi) is 5.92. The van der Waals surface area contributed by atoms with Crippen LogP contribution in [-0.2, 0) is 11.2 Å². The molecule has 1 heterocycles. The number of benzene rings is 2. The highest BCUT2D eigenvalue weighted by atomic mass is 19.1. The van der Waals surface area contributed by atoms with E-state index in [0.717, 1.165) is 5.56 Å². The Morgan fingerprint density at radius 1 is 1.17 bits per heavy atom. The number of carboxylic acids is 1. The molecule has 0 fully saturated rings. The topological polar surface area (TPSA) is 102 Å². The number of aromatic carboxylic acids is 1. The number of halogens is 1. The molecular weight excluding hydrogens is 379 g/mol. The molecule has 29 heavy (non-hydrogen) atoms. The smallest absolute Gasteiger partial charge is 0.341 e. The van der Waals surface area contributed by atoms with Crippen LogP contribution in [0.2, 0.25) is 0 Å². The molecule has 1 aromatic heterocycles. The van der Waals surface area contributed by atoms with Crippen molar-refractivity contribution in [2.24, 2.45) is 0 Å². The number of nitrogens with zero attached hydrogens (tertiary/aromatic N) is 1. The number of carbonyl (C=O) groups excluding carboxylic acids is 1. The Labute approximate surface area is 166 Å². The summed E-state index contributed by atoms with van der Waals surface area (Å²) in [5.74, 6) is -1.31. The van der Waals surface area contributed by atoms with Crippen molar-refractivity contribution in [1.29, 1.82) is 0 Å². The summed E-state index contributed by atoms with van der Waals surface area (Å²) < 4.78 is 23.5. The van der Waals surface area contributed by atoms with Crippen LogP contribution in [0.3, 0.4) is 0 Å². The Hall–Kier alpha value is -3.68. The Morgan fingerprint density at radius 2 is 1.83 bits per heavy atom. The second-order valence-corrected chi connectivity index (χ2v) is 6.40. The zero-order chi connectivity index (χ0) is 21.0. The van der Waals surface area contributed by atoms with Gasteiger partial charge >= 0.3 is 5.97 Å². The summed E-state index contributed by atoms with van der Waals surface area (Å²) in [6.07, 6.45) is 0.107. The average Bonchev–Trinajstić information content (AvgIpc) is 3.14. The van der Waals surface area contributed by atoms with E-state index in [1.54, 1.807) is 38.3 Å². The van der Waals surface area contributed by atoms with Crippen LogP contribution in [0, 0.1) is 5.82 Å². The Morgan fingerprint density at radius 3 is 2.41 bits per heavy atom. The number of hydrogen-bond acceptors (Lipinski definition) is 5. The molecule has 150 valence electrons. The molecule has 0 radical (unpaired) electrons. The lowest BCUT2D eigenvalue weighted by atomic mass is 10.0. The standard InChI is InChI=1S/C21H19FN2O5/c1-12(23-17(25)11-13-3-9-16(28-2)10-4-13)20-18(21(26)27)19(24-29-20)14-5-7-15(22)8-6-14/h3-10,12H,11H2,1-2H3,(H,23,25)(H,26,27)/t12-/m1/s1. The molecule has 0 spiro atoms. The minimum absolute atomic E-state index is 0.0138. The maximum Gasteiger partial charge on any atom is 0.341 e. The van der Waals surface area contributed by atoms with E-state index in [9.17, 15) is 19.1 Å². The molecule has 0 saturated carbocycles. The van der Waals surface area contributed by atoms with Crippen LogP contribution in [0.1, 0.15) is 34.6 Å². The first kappa shape index (κ1) is 20.1. The number of nitrogens with one attached hydrogen (secondary N) is 1. The second-order valence-electron chi connectivity index (χ2n) is 6.40. The van der Waals surface area contributed by atoms with E-state index in [1.807, 2.05) is 0 Å². The van der Waals surface area contributed by atoms with Gasteiger partial charge in [0.05, 0.1) is 19.6 Å². The quantitative estimate of drug-likeness (QED) is 0.630. The monoisotopic (exact) mass is 398 g/mol. The van der Waals surface area contributed by atoms with Gasteiger partial charge in [0.2, 0.25) is 5.91 Å². The van der Waals surface area contributed by atoms with E-state index < -0.39 is 17.8 Å². The van der Waals surface area contributed by atoms with Gasteiger partial charge in [-0.1, -0.05) is 17.3 Å². The van der Waals surface area contributed by atoms with Crippen molar-refractivity contribution in [2.75, 3.05) is 7.11 Å². The molecule has 3 rings (SSSR count). The van der Waals surface area contributed by atoms with Crippen LogP contribution in [0.5, 0.6) is 5.75 Å². The maximum atomic E-state index is 13.1. The van der Waals surface area contributed by atoms with Crippen LogP contribution >= 0.6 is 0 Å². The van der Waals surface area contributed by atoms with E-state index in [2.05, 4.69) is 10.5 Å². The third-order valence-corrected chi connectivity index (χ3v) is 4.34. The zero-order valence-electron chi connectivity index (χ0n) is 15.8. The first-order valence-electron chi connectivity index (χ1n) is 8.80. The molecule has 0 unspecified atom stereocenters. The van der Waals surface area contributed by atoms with Crippen LogP contribution in [-0.4, -0.2) is 29.2 Å². The highest BCUT2D eigenvalue weighted by Crippen LogP contribution is 2.29. The predicted octanol–water partition coefficient (Wildman–Crippen LogP) is 3.61. The van der Waals surface area contributed by atoms with Crippen molar-refractivity contribution in [2.45, 2.75) is 19.4 Å². The summed E-state index contributed by atoms with van der Waals surface area (Å²) >= 11 is 0. The number of amides is 1. The van der Waals surface area contributed by atoms with Crippen LogP contribution < -0.4 is 10.1 Å². The van der Waals surface area contributed by atoms with Gasteiger partial charge in [0.15, 0.2) is 5.76 Å². The fourth-order valence-corrected chi connectivity index (χ4v) is 2.90. The lowest BCUT2D eigenvalue weighted by Crippen LogP contribution is -2.28. The zero-order valence-corrected chi connectivity index (χ0v) is 15.8. The van der Waals surface area contributed by atoms with Crippen molar-refractivity contribution >= 4 is 11.9 Å². The van der Waals surface area contributed by atoms with Crippen molar-refractivity contribution in [3.63, 3.8) is 0 Å². The molecule has 2 N–H and O–H groups in total. The largest absolute Gasteiger partial charge is 0.497 e. The van der Waals surface area contributed by atoms with Gasteiger partial charge in [0, 0.05) is 5.56 Å². The fraction of sp³-hybridized carbons (Fsp3) is 0.190. The fourth-order valence-electron chi connectivity index (χ4n) is 2.90. The Bertz CT molecular complexity index is 1010. The van der Waals surface area contributed by atoms with Gasteiger partial charge < -0.3 is 19.7 Å². The van der Waals surface area contributed by atoms with Crippen molar-refractivity contribution in [1.82, 2.24) is 10.5 Å².